The van der Waals surface area contributed by atoms with Crippen LogP contribution in [0.25, 0.3) is 0 Å². The van der Waals surface area contributed by atoms with Crippen LogP contribution in [0.1, 0.15) is 36.9 Å². The Bertz CT molecular complexity index is 716. The van der Waals surface area contributed by atoms with Crippen molar-refractivity contribution in [3.8, 4) is 0 Å². The average molecular weight is 366 g/mol. The number of piperidine rings is 1. The molecule has 5 heteroatoms. The van der Waals surface area contributed by atoms with Gasteiger partial charge in [-0.2, -0.15) is 0 Å². The maximum Gasteiger partial charge on any atom is 0.278 e. The third-order valence-electron chi connectivity index (χ3n) is 5.59. The summed E-state index contributed by atoms with van der Waals surface area (Å²) in [5.41, 5.74) is 7.54. The molecule has 2 aromatic carbocycles. The van der Waals surface area contributed by atoms with Crippen LogP contribution in [0.5, 0.6) is 0 Å². The van der Waals surface area contributed by atoms with Crippen molar-refractivity contribution in [1.29, 1.82) is 0 Å². The van der Waals surface area contributed by atoms with Crippen LogP contribution in [-0.2, 0) is 9.59 Å². The summed E-state index contributed by atoms with van der Waals surface area (Å²) in [5, 5.41) is 3.23. The maximum atomic E-state index is 13.0. The van der Waals surface area contributed by atoms with Crippen LogP contribution in [-0.4, -0.2) is 30.9 Å². The maximum absolute atomic E-state index is 13.0. The lowest BCUT2D eigenvalue weighted by Crippen LogP contribution is -3.17. The smallest absolute Gasteiger partial charge is 0.278 e. The first-order valence-electron chi connectivity index (χ1n) is 9.60. The molecule has 0 unspecified atom stereocenters. The number of quaternary nitrogens is 1. The fourth-order valence-corrected chi connectivity index (χ4v) is 3.81. The Morgan fingerprint density at radius 1 is 0.963 bits per heavy atom. The Morgan fingerprint density at radius 2 is 1.44 bits per heavy atom. The van der Waals surface area contributed by atoms with E-state index in [-0.39, 0.29) is 29.8 Å². The Labute approximate surface area is 160 Å². The van der Waals surface area contributed by atoms with Crippen LogP contribution in [0.4, 0.5) is 0 Å². The summed E-state index contributed by atoms with van der Waals surface area (Å²) in [7, 11) is 0. The van der Waals surface area contributed by atoms with E-state index < -0.39 is 0 Å². The van der Waals surface area contributed by atoms with Crippen molar-refractivity contribution < 1.29 is 14.5 Å². The molecule has 1 aliphatic heterocycles. The summed E-state index contributed by atoms with van der Waals surface area (Å²) in [5.74, 6) is -0.245. The molecule has 1 atom stereocenters. The van der Waals surface area contributed by atoms with E-state index in [1.165, 1.54) is 4.90 Å². The summed E-state index contributed by atoms with van der Waals surface area (Å²) in [4.78, 5) is 25.6. The summed E-state index contributed by atoms with van der Waals surface area (Å²) in [6.45, 7) is 3.55. The van der Waals surface area contributed by atoms with Crippen LogP contribution in [0.15, 0.2) is 60.7 Å². The lowest BCUT2D eigenvalue weighted by Gasteiger charge is -2.32. The number of primary amides is 1. The highest BCUT2D eigenvalue weighted by atomic mass is 16.2. The molecule has 0 radical (unpaired) electrons. The second kappa shape index (κ2) is 8.82. The van der Waals surface area contributed by atoms with Gasteiger partial charge in [-0.25, -0.2) is 0 Å². The first-order valence-corrected chi connectivity index (χ1v) is 9.60. The van der Waals surface area contributed by atoms with Gasteiger partial charge in [0.25, 0.3) is 5.91 Å². The van der Waals surface area contributed by atoms with Gasteiger partial charge in [0.2, 0.25) is 5.91 Å². The number of hydrogen-bond donors (Lipinski definition) is 3. The van der Waals surface area contributed by atoms with Gasteiger partial charge in [0.05, 0.1) is 19.1 Å². The van der Waals surface area contributed by atoms with Crippen LogP contribution in [0, 0.1) is 5.92 Å². The largest absolute Gasteiger partial charge is 0.369 e. The van der Waals surface area contributed by atoms with Crippen LogP contribution in [0.2, 0.25) is 0 Å². The fourth-order valence-electron chi connectivity index (χ4n) is 3.81. The molecule has 1 saturated heterocycles. The molecule has 0 aromatic heterocycles. The third-order valence-corrected chi connectivity index (χ3v) is 5.59. The number of benzene rings is 2. The number of hydrogen-bond acceptors (Lipinski definition) is 2. The number of likely N-dealkylation sites (tertiary alicyclic amines) is 1. The molecule has 0 spiro atoms. The molecule has 27 heavy (non-hydrogen) atoms. The Kier molecular flexibility index (Phi) is 6.24. The molecule has 5 nitrogen and oxygen atoms in total. The van der Waals surface area contributed by atoms with Crippen molar-refractivity contribution in [2.75, 3.05) is 13.1 Å². The molecule has 0 saturated carbocycles. The van der Waals surface area contributed by atoms with E-state index in [1.807, 2.05) is 67.6 Å². The van der Waals surface area contributed by atoms with Gasteiger partial charge < -0.3 is 16.0 Å². The van der Waals surface area contributed by atoms with Gasteiger partial charge in [0.1, 0.15) is 0 Å². The van der Waals surface area contributed by atoms with Crippen LogP contribution in [0.3, 0.4) is 0 Å². The predicted molar refractivity (Wildman–Crippen MR) is 105 cm³/mol. The Balaban J connectivity index is 1.70. The van der Waals surface area contributed by atoms with E-state index in [0.29, 0.717) is 0 Å². The van der Waals surface area contributed by atoms with Gasteiger partial charge in [-0.1, -0.05) is 60.7 Å². The van der Waals surface area contributed by atoms with Crippen molar-refractivity contribution in [3.05, 3.63) is 71.8 Å². The molecule has 4 N–H and O–H groups in total. The second-order valence-corrected chi connectivity index (χ2v) is 7.32. The first kappa shape index (κ1) is 19.1. The molecule has 1 fully saturated rings. The second-order valence-electron chi connectivity index (χ2n) is 7.32. The van der Waals surface area contributed by atoms with Gasteiger partial charge in [-0.05, 0) is 18.1 Å². The number of carbonyl (C=O) groups excluding carboxylic acids is 2. The molecule has 142 valence electrons. The number of nitrogens with one attached hydrogen (secondary N) is 2. The highest BCUT2D eigenvalue weighted by Gasteiger charge is 2.33. The zero-order chi connectivity index (χ0) is 19.2. The summed E-state index contributed by atoms with van der Waals surface area (Å²) in [6, 6.07) is 19.7. The number of rotatable bonds is 6. The average Bonchev–Trinajstić information content (AvgIpc) is 2.72. The van der Waals surface area contributed by atoms with Crippen molar-refractivity contribution in [1.82, 2.24) is 5.32 Å². The predicted octanol–water partition coefficient (Wildman–Crippen LogP) is 1.06. The van der Waals surface area contributed by atoms with Crippen LogP contribution < -0.4 is 16.0 Å². The minimum atomic E-state index is -0.223. The topological polar surface area (TPSA) is 76.6 Å². The lowest BCUT2D eigenvalue weighted by molar-refractivity contribution is -0.919. The van der Waals surface area contributed by atoms with Gasteiger partial charge >= 0.3 is 0 Å². The standard InChI is InChI=1S/C22H27N3O2/c1-16(25-14-12-19(13-15-25)21(23)26)22(27)24-20(17-8-4-2-5-9-17)18-10-6-3-7-11-18/h2-11,16,19-20H,12-15H2,1H3,(H2,23,26)(H,24,27)/p+1/t16-/m1/s1. The van der Waals surface area contributed by atoms with Crippen molar-refractivity contribution in [2.45, 2.75) is 31.8 Å². The van der Waals surface area contributed by atoms with Crippen molar-refractivity contribution in [3.63, 3.8) is 0 Å². The molecular formula is C22H28N3O2+. The Hall–Kier alpha value is -2.66. The zero-order valence-corrected chi connectivity index (χ0v) is 15.7. The highest BCUT2D eigenvalue weighted by Crippen LogP contribution is 2.21. The number of amides is 2. The number of nitrogens with two attached hydrogens (primary N) is 1. The van der Waals surface area contributed by atoms with Gasteiger partial charge in [-0.3, -0.25) is 9.59 Å². The summed E-state index contributed by atoms with van der Waals surface area (Å²) in [6.07, 6.45) is 1.51. The summed E-state index contributed by atoms with van der Waals surface area (Å²) < 4.78 is 0. The normalized spacial score (nSPS) is 20.8. The van der Waals surface area contributed by atoms with Crippen molar-refractivity contribution in [2.24, 2.45) is 11.7 Å². The summed E-state index contributed by atoms with van der Waals surface area (Å²) >= 11 is 0. The molecule has 0 aliphatic carbocycles. The minimum Gasteiger partial charge on any atom is -0.369 e. The van der Waals surface area contributed by atoms with E-state index in [9.17, 15) is 9.59 Å². The molecular weight excluding hydrogens is 338 g/mol. The van der Waals surface area contributed by atoms with E-state index in [0.717, 1.165) is 37.1 Å². The van der Waals surface area contributed by atoms with E-state index in [1.54, 1.807) is 0 Å². The molecule has 0 bridgehead atoms. The SMILES string of the molecule is C[C@H](C(=O)NC(c1ccccc1)c1ccccc1)[NH+]1CCC(C(N)=O)CC1. The van der Waals surface area contributed by atoms with Crippen LogP contribution >= 0.6 is 0 Å². The molecule has 1 heterocycles. The highest BCUT2D eigenvalue weighted by molar-refractivity contribution is 5.81. The van der Waals surface area contributed by atoms with E-state index in [4.69, 9.17) is 5.73 Å². The molecule has 1 aliphatic rings. The van der Waals surface area contributed by atoms with Crippen molar-refractivity contribution >= 4 is 11.8 Å². The van der Waals surface area contributed by atoms with E-state index >= 15 is 0 Å². The van der Waals surface area contributed by atoms with Gasteiger partial charge in [-0.15, -0.1) is 0 Å². The quantitative estimate of drug-likeness (QED) is 0.715. The van der Waals surface area contributed by atoms with Gasteiger partial charge in [0.15, 0.2) is 6.04 Å². The first-order chi connectivity index (χ1) is 13.1. The molecule has 2 amide bonds. The van der Waals surface area contributed by atoms with E-state index in [2.05, 4.69) is 5.32 Å². The fraction of sp³-hybridized carbons (Fsp3) is 0.364. The lowest BCUT2D eigenvalue weighted by atomic mass is 9.95. The molecule has 2 aromatic rings. The number of carbonyl (C=O) groups is 2. The van der Waals surface area contributed by atoms with Gasteiger partial charge in [0, 0.05) is 18.8 Å². The third kappa shape index (κ3) is 4.74. The monoisotopic (exact) mass is 366 g/mol. The zero-order valence-electron chi connectivity index (χ0n) is 15.7. The molecule has 3 rings (SSSR count). The Morgan fingerprint density at radius 3 is 1.89 bits per heavy atom. The minimum absolute atomic E-state index is 0.0280.